The molecule has 16 heavy (non-hydrogen) atoms. The van der Waals surface area contributed by atoms with Gasteiger partial charge >= 0.3 is 0 Å². The highest BCUT2D eigenvalue weighted by Crippen LogP contribution is 2.06. The smallest absolute Gasteiger partial charge is 0.176 e. The number of nitriles is 2. The number of nitrogens with zero attached hydrogens (tertiary/aromatic N) is 4. The molecule has 1 aromatic heterocycles. The third-order valence-corrected chi connectivity index (χ3v) is 2.04. The van der Waals surface area contributed by atoms with Crippen molar-refractivity contribution in [1.82, 2.24) is 9.55 Å². The Labute approximate surface area is 94.9 Å². The Balaban J connectivity index is 2.52. The van der Waals surface area contributed by atoms with Crippen LogP contribution in [0, 0.1) is 22.7 Å². The van der Waals surface area contributed by atoms with Crippen LogP contribution in [0.3, 0.4) is 0 Å². The summed E-state index contributed by atoms with van der Waals surface area (Å²) in [5.74, 6) is 0. The van der Waals surface area contributed by atoms with Gasteiger partial charge in [-0.3, -0.25) is 0 Å². The molecule has 0 unspecified atom stereocenters. The lowest BCUT2D eigenvalue weighted by atomic mass is 10.3. The Morgan fingerprint density at radius 3 is 2.75 bits per heavy atom. The quantitative estimate of drug-likeness (QED) is 0.701. The van der Waals surface area contributed by atoms with Crippen LogP contribution >= 0.6 is 0 Å². The number of aryl methyl sites for hydroxylation is 1. The van der Waals surface area contributed by atoms with E-state index in [1.165, 1.54) is 6.33 Å². The van der Waals surface area contributed by atoms with Crippen LogP contribution in [-0.2, 0) is 11.3 Å². The molecule has 5 nitrogen and oxygen atoms in total. The van der Waals surface area contributed by atoms with E-state index in [9.17, 15) is 0 Å². The van der Waals surface area contributed by atoms with Crippen molar-refractivity contribution in [2.45, 2.75) is 32.9 Å². The Kier molecular flexibility index (Phi) is 4.50. The monoisotopic (exact) mass is 218 g/mol. The number of hydrogen-bond donors (Lipinski definition) is 0. The van der Waals surface area contributed by atoms with Gasteiger partial charge in [0, 0.05) is 13.2 Å². The van der Waals surface area contributed by atoms with Crippen LogP contribution in [0.15, 0.2) is 6.33 Å². The van der Waals surface area contributed by atoms with Crippen LogP contribution < -0.4 is 0 Å². The standard InChI is InChI=1S/C11H14N4O/c1-9(2)16-5-3-4-15-8-14-10(6-12)11(15)7-13/h8-9H,3-5H2,1-2H3. The van der Waals surface area contributed by atoms with Gasteiger partial charge in [-0.05, 0) is 20.3 Å². The summed E-state index contributed by atoms with van der Waals surface area (Å²) in [4.78, 5) is 3.86. The molecule has 1 rings (SSSR count). The molecule has 0 atom stereocenters. The molecule has 84 valence electrons. The topological polar surface area (TPSA) is 74.6 Å². The maximum atomic E-state index is 8.87. The van der Waals surface area contributed by atoms with Gasteiger partial charge in [0.05, 0.1) is 12.4 Å². The Morgan fingerprint density at radius 1 is 1.44 bits per heavy atom. The minimum atomic E-state index is 0.187. The van der Waals surface area contributed by atoms with Crippen molar-refractivity contribution in [2.75, 3.05) is 6.61 Å². The van der Waals surface area contributed by atoms with Crippen LogP contribution in [-0.4, -0.2) is 22.3 Å². The number of aromatic nitrogens is 2. The van der Waals surface area contributed by atoms with Crippen LogP contribution in [0.2, 0.25) is 0 Å². The van der Waals surface area contributed by atoms with E-state index in [-0.39, 0.29) is 11.8 Å². The molecule has 0 aliphatic heterocycles. The van der Waals surface area contributed by atoms with E-state index >= 15 is 0 Å². The van der Waals surface area contributed by atoms with Gasteiger partial charge in [-0.15, -0.1) is 0 Å². The van der Waals surface area contributed by atoms with E-state index in [0.29, 0.717) is 18.8 Å². The van der Waals surface area contributed by atoms with Crippen LogP contribution in [0.5, 0.6) is 0 Å². The van der Waals surface area contributed by atoms with Crippen molar-refractivity contribution < 1.29 is 4.74 Å². The van der Waals surface area contributed by atoms with Crippen molar-refractivity contribution in [3.05, 3.63) is 17.7 Å². The van der Waals surface area contributed by atoms with E-state index in [0.717, 1.165) is 6.42 Å². The maximum Gasteiger partial charge on any atom is 0.176 e. The number of ether oxygens (including phenoxy) is 1. The molecule has 1 heterocycles. The molecule has 0 aliphatic carbocycles. The second kappa shape index (κ2) is 5.89. The summed E-state index contributed by atoms with van der Waals surface area (Å²) < 4.78 is 7.07. The van der Waals surface area contributed by atoms with Gasteiger partial charge in [-0.1, -0.05) is 0 Å². The lowest BCUT2D eigenvalue weighted by molar-refractivity contribution is 0.0748. The first-order chi connectivity index (χ1) is 7.69. The summed E-state index contributed by atoms with van der Waals surface area (Å²) >= 11 is 0. The molecule has 0 spiro atoms. The molecule has 1 aromatic rings. The molecule has 5 heteroatoms. The van der Waals surface area contributed by atoms with Gasteiger partial charge < -0.3 is 9.30 Å². The zero-order valence-corrected chi connectivity index (χ0v) is 9.47. The van der Waals surface area contributed by atoms with Gasteiger partial charge in [-0.25, -0.2) is 4.98 Å². The Morgan fingerprint density at radius 2 is 2.19 bits per heavy atom. The molecular formula is C11H14N4O. The van der Waals surface area contributed by atoms with Gasteiger partial charge in [-0.2, -0.15) is 10.5 Å². The van der Waals surface area contributed by atoms with Gasteiger partial charge in [0.2, 0.25) is 0 Å². The molecule has 0 aliphatic rings. The van der Waals surface area contributed by atoms with Crippen LogP contribution in [0.1, 0.15) is 31.7 Å². The summed E-state index contributed by atoms with van der Waals surface area (Å²) in [6.45, 7) is 5.24. The predicted octanol–water partition coefficient (Wildman–Crippen LogP) is 1.44. The molecular weight excluding hydrogens is 204 g/mol. The Hall–Kier alpha value is -1.85. The molecule has 0 N–H and O–H groups in total. The molecule has 0 saturated heterocycles. The molecule has 0 radical (unpaired) electrons. The average Bonchev–Trinajstić information content (AvgIpc) is 2.66. The highest BCUT2D eigenvalue weighted by molar-refractivity contribution is 5.35. The number of hydrogen-bond acceptors (Lipinski definition) is 4. The maximum absolute atomic E-state index is 8.87. The van der Waals surface area contributed by atoms with Crippen LogP contribution in [0.4, 0.5) is 0 Å². The highest BCUT2D eigenvalue weighted by Gasteiger charge is 2.09. The first kappa shape index (κ1) is 12.2. The predicted molar refractivity (Wildman–Crippen MR) is 57.4 cm³/mol. The summed E-state index contributed by atoms with van der Waals surface area (Å²) in [6.07, 6.45) is 2.54. The second-order valence-corrected chi connectivity index (χ2v) is 3.63. The summed E-state index contributed by atoms with van der Waals surface area (Å²) in [5, 5.41) is 17.6. The van der Waals surface area contributed by atoms with Gasteiger partial charge in [0.15, 0.2) is 11.4 Å². The molecule has 0 aromatic carbocycles. The number of imidazole rings is 1. The molecule has 0 saturated carbocycles. The largest absolute Gasteiger partial charge is 0.379 e. The lowest BCUT2D eigenvalue weighted by Gasteiger charge is -2.07. The molecule has 0 bridgehead atoms. The average molecular weight is 218 g/mol. The molecule has 0 fully saturated rings. The van der Waals surface area contributed by atoms with E-state index in [4.69, 9.17) is 15.3 Å². The fourth-order valence-corrected chi connectivity index (χ4v) is 1.30. The fraction of sp³-hybridized carbons (Fsp3) is 0.545. The fourth-order valence-electron chi connectivity index (χ4n) is 1.30. The van der Waals surface area contributed by atoms with Crippen molar-refractivity contribution in [3.63, 3.8) is 0 Å². The first-order valence-corrected chi connectivity index (χ1v) is 5.16. The third kappa shape index (κ3) is 3.08. The van der Waals surface area contributed by atoms with Crippen molar-refractivity contribution in [2.24, 2.45) is 0 Å². The van der Waals surface area contributed by atoms with E-state index in [1.54, 1.807) is 4.57 Å². The highest BCUT2D eigenvalue weighted by atomic mass is 16.5. The van der Waals surface area contributed by atoms with E-state index in [2.05, 4.69) is 4.98 Å². The third-order valence-electron chi connectivity index (χ3n) is 2.04. The zero-order chi connectivity index (χ0) is 12.0. The minimum Gasteiger partial charge on any atom is -0.379 e. The number of rotatable bonds is 5. The van der Waals surface area contributed by atoms with Gasteiger partial charge in [0.1, 0.15) is 12.1 Å². The van der Waals surface area contributed by atoms with Crippen molar-refractivity contribution in [1.29, 1.82) is 10.5 Å². The summed E-state index contributed by atoms with van der Waals surface area (Å²) in [5.41, 5.74) is 0.513. The van der Waals surface area contributed by atoms with Crippen molar-refractivity contribution >= 4 is 0 Å². The Bertz CT molecular complexity index is 422. The SMILES string of the molecule is CC(C)OCCCn1cnc(C#N)c1C#N. The summed E-state index contributed by atoms with van der Waals surface area (Å²) in [7, 11) is 0. The van der Waals surface area contributed by atoms with Crippen LogP contribution in [0.25, 0.3) is 0 Å². The first-order valence-electron chi connectivity index (χ1n) is 5.16. The lowest BCUT2D eigenvalue weighted by Crippen LogP contribution is -2.08. The molecule has 0 amide bonds. The summed E-state index contributed by atoms with van der Waals surface area (Å²) in [6, 6.07) is 3.87. The minimum absolute atomic E-state index is 0.187. The van der Waals surface area contributed by atoms with Gasteiger partial charge in [0.25, 0.3) is 0 Å². The normalized spacial score (nSPS) is 10.1. The zero-order valence-electron chi connectivity index (χ0n) is 9.47. The van der Waals surface area contributed by atoms with Crippen molar-refractivity contribution in [3.8, 4) is 12.1 Å². The van der Waals surface area contributed by atoms with E-state index in [1.807, 2.05) is 26.0 Å². The second-order valence-electron chi connectivity index (χ2n) is 3.63. The van der Waals surface area contributed by atoms with E-state index < -0.39 is 0 Å².